The van der Waals surface area contributed by atoms with Crippen LogP contribution >= 0.6 is 0 Å². The Balaban J connectivity index is 2.35. The first kappa shape index (κ1) is 15.1. The summed E-state index contributed by atoms with van der Waals surface area (Å²) in [6, 6.07) is 3.82. The Bertz CT molecular complexity index is 342. The van der Waals surface area contributed by atoms with Crippen molar-refractivity contribution in [2.24, 2.45) is 5.92 Å². The minimum absolute atomic E-state index is 0.134. The Morgan fingerprint density at radius 3 is 2.67 bits per heavy atom. The van der Waals surface area contributed by atoms with Crippen molar-refractivity contribution in [3.8, 4) is 0 Å². The summed E-state index contributed by atoms with van der Waals surface area (Å²) in [6.07, 6.45) is -2.80. The van der Waals surface area contributed by atoms with Crippen molar-refractivity contribution >= 4 is 0 Å². The molecule has 0 aliphatic rings. The average molecular weight is 262 g/mol. The maximum atomic E-state index is 12.1. The highest BCUT2D eigenvalue weighted by molar-refractivity contribution is 5.06. The smallest absolute Gasteiger partial charge is 0.350 e. The van der Waals surface area contributed by atoms with Gasteiger partial charge in [-0.3, -0.25) is 0 Å². The molecule has 0 unspecified atom stereocenters. The van der Waals surface area contributed by atoms with Crippen molar-refractivity contribution < 1.29 is 13.2 Å². The summed E-state index contributed by atoms with van der Waals surface area (Å²) >= 11 is 0. The van der Waals surface area contributed by atoms with Crippen LogP contribution in [0, 0.1) is 5.92 Å². The molecule has 0 aliphatic carbocycles. The van der Waals surface area contributed by atoms with Crippen LogP contribution in [0.3, 0.4) is 0 Å². The van der Waals surface area contributed by atoms with Gasteiger partial charge in [0, 0.05) is 31.4 Å². The van der Waals surface area contributed by atoms with Crippen molar-refractivity contribution in [1.29, 1.82) is 0 Å². The van der Waals surface area contributed by atoms with E-state index in [-0.39, 0.29) is 6.42 Å². The Hall–Kier alpha value is -0.970. The van der Waals surface area contributed by atoms with Crippen LogP contribution in [0.2, 0.25) is 0 Å². The van der Waals surface area contributed by atoms with E-state index in [0.717, 1.165) is 12.2 Å². The monoisotopic (exact) mass is 262 g/mol. The molecule has 1 aromatic heterocycles. The van der Waals surface area contributed by atoms with Crippen LogP contribution in [-0.2, 0) is 13.1 Å². The molecule has 0 saturated carbocycles. The maximum absolute atomic E-state index is 12.1. The molecular formula is C13H21F3N2. The van der Waals surface area contributed by atoms with Gasteiger partial charge in [-0.25, -0.2) is 0 Å². The Labute approximate surface area is 106 Å². The number of hydrogen-bond acceptors (Lipinski definition) is 1. The largest absolute Gasteiger partial charge is 0.389 e. The number of rotatable bonds is 7. The number of hydrogen-bond donors (Lipinski definition) is 1. The normalized spacial score (nSPS) is 12.3. The molecule has 2 nitrogen and oxygen atoms in total. The molecule has 18 heavy (non-hydrogen) atoms. The van der Waals surface area contributed by atoms with Crippen LogP contribution < -0.4 is 5.32 Å². The first-order chi connectivity index (χ1) is 8.38. The standard InChI is InChI=1S/C13H21F3N2/c1-11(2)9-17-10-12-5-3-7-18(12)8-4-6-13(14,15)16/h3,5,7,11,17H,4,6,8-10H2,1-2H3. The van der Waals surface area contributed by atoms with E-state index in [1.807, 2.05) is 22.9 Å². The second-order valence-corrected chi connectivity index (χ2v) is 4.94. The Morgan fingerprint density at radius 1 is 1.33 bits per heavy atom. The van der Waals surface area contributed by atoms with E-state index < -0.39 is 12.6 Å². The SMILES string of the molecule is CC(C)CNCc1cccn1CCCC(F)(F)F. The highest BCUT2D eigenvalue weighted by Crippen LogP contribution is 2.21. The quantitative estimate of drug-likeness (QED) is 0.794. The van der Waals surface area contributed by atoms with Crippen LogP contribution in [-0.4, -0.2) is 17.3 Å². The van der Waals surface area contributed by atoms with Crippen molar-refractivity contribution in [2.75, 3.05) is 6.54 Å². The third-order valence-electron chi connectivity index (χ3n) is 2.64. The molecule has 1 aromatic rings. The first-order valence-electron chi connectivity index (χ1n) is 6.30. The van der Waals surface area contributed by atoms with Crippen molar-refractivity contribution in [3.63, 3.8) is 0 Å². The minimum atomic E-state index is -4.05. The van der Waals surface area contributed by atoms with Gasteiger partial charge in [0.05, 0.1) is 0 Å². The van der Waals surface area contributed by atoms with Gasteiger partial charge in [-0.05, 0) is 31.0 Å². The number of aromatic nitrogens is 1. The molecule has 1 N–H and O–H groups in total. The van der Waals surface area contributed by atoms with E-state index in [0.29, 0.717) is 19.0 Å². The molecule has 0 aliphatic heterocycles. The highest BCUT2D eigenvalue weighted by atomic mass is 19.4. The molecule has 0 aromatic carbocycles. The van der Waals surface area contributed by atoms with Gasteiger partial charge >= 0.3 is 6.18 Å². The van der Waals surface area contributed by atoms with Crippen LogP contribution in [0.25, 0.3) is 0 Å². The molecule has 0 bridgehead atoms. The van der Waals surface area contributed by atoms with Gasteiger partial charge in [-0.2, -0.15) is 13.2 Å². The molecule has 0 saturated heterocycles. The van der Waals surface area contributed by atoms with E-state index in [9.17, 15) is 13.2 Å². The lowest BCUT2D eigenvalue weighted by molar-refractivity contribution is -0.135. The summed E-state index contributed by atoms with van der Waals surface area (Å²) in [6.45, 7) is 6.28. The molecule has 1 heterocycles. The molecule has 0 fully saturated rings. The van der Waals surface area contributed by atoms with Gasteiger partial charge in [0.25, 0.3) is 0 Å². The average Bonchev–Trinajstić information content (AvgIpc) is 2.63. The molecule has 0 atom stereocenters. The van der Waals surface area contributed by atoms with Gasteiger partial charge in [0.15, 0.2) is 0 Å². The predicted octanol–water partition coefficient (Wildman–Crippen LogP) is 3.58. The Kier molecular flexibility index (Phi) is 5.72. The van der Waals surface area contributed by atoms with E-state index in [1.165, 1.54) is 0 Å². The van der Waals surface area contributed by atoms with E-state index in [4.69, 9.17) is 0 Å². The van der Waals surface area contributed by atoms with Crippen molar-refractivity contribution in [1.82, 2.24) is 9.88 Å². The summed E-state index contributed by atoms with van der Waals surface area (Å²) in [5, 5.41) is 3.29. The fourth-order valence-electron chi connectivity index (χ4n) is 1.77. The second-order valence-electron chi connectivity index (χ2n) is 4.94. The number of nitrogens with one attached hydrogen (secondary N) is 1. The third kappa shape index (κ3) is 6.10. The highest BCUT2D eigenvalue weighted by Gasteiger charge is 2.26. The molecule has 0 amide bonds. The van der Waals surface area contributed by atoms with Crippen molar-refractivity contribution in [2.45, 2.75) is 46.0 Å². The summed E-state index contributed by atoms with van der Waals surface area (Å²) in [5.74, 6) is 0.568. The lowest BCUT2D eigenvalue weighted by Gasteiger charge is -2.12. The fraction of sp³-hybridized carbons (Fsp3) is 0.692. The van der Waals surface area contributed by atoms with Gasteiger partial charge in [-0.15, -0.1) is 0 Å². The molecule has 0 radical (unpaired) electrons. The topological polar surface area (TPSA) is 17.0 Å². The fourth-order valence-corrected chi connectivity index (χ4v) is 1.77. The number of nitrogens with zero attached hydrogens (tertiary/aromatic N) is 1. The summed E-state index contributed by atoms with van der Waals surface area (Å²) in [4.78, 5) is 0. The van der Waals surface area contributed by atoms with E-state index in [1.54, 1.807) is 0 Å². The molecule has 5 heteroatoms. The van der Waals surface area contributed by atoms with Gasteiger partial charge in [0.2, 0.25) is 0 Å². The third-order valence-corrected chi connectivity index (χ3v) is 2.64. The van der Waals surface area contributed by atoms with Crippen LogP contribution in [0.1, 0.15) is 32.4 Å². The van der Waals surface area contributed by atoms with E-state index >= 15 is 0 Å². The molecule has 1 rings (SSSR count). The Morgan fingerprint density at radius 2 is 2.06 bits per heavy atom. The molecule has 0 spiro atoms. The second kappa shape index (κ2) is 6.83. The zero-order chi connectivity index (χ0) is 13.6. The first-order valence-corrected chi connectivity index (χ1v) is 6.30. The number of halogens is 3. The lowest BCUT2D eigenvalue weighted by atomic mass is 10.2. The van der Waals surface area contributed by atoms with Crippen LogP contribution in [0.15, 0.2) is 18.3 Å². The van der Waals surface area contributed by atoms with E-state index in [2.05, 4.69) is 19.2 Å². The molecular weight excluding hydrogens is 241 g/mol. The number of aryl methyl sites for hydroxylation is 1. The van der Waals surface area contributed by atoms with Gasteiger partial charge < -0.3 is 9.88 Å². The van der Waals surface area contributed by atoms with Gasteiger partial charge in [-0.1, -0.05) is 13.8 Å². The summed E-state index contributed by atoms with van der Waals surface area (Å²) < 4.78 is 38.1. The summed E-state index contributed by atoms with van der Waals surface area (Å²) in [5.41, 5.74) is 1.04. The van der Waals surface area contributed by atoms with Crippen molar-refractivity contribution in [3.05, 3.63) is 24.0 Å². The lowest BCUT2D eigenvalue weighted by Crippen LogP contribution is -2.21. The van der Waals surface area contributed by atoms with Gasteiger partial charge in [0.1, 0.15) is 0 Å². The minimum Gasteiger partial charge on any atom is -0.350 e. The molecule has 104 valence electrons. The van der Waals surface area contributed by atoms with Crippen LogP contribution in [0.4, 0.5) is 13.2 Å². The summed E-state index contributed by atoms with van der Waals surface area (Å²) in [7, 11) is 0. The zero-order valence-corrected chi connectivity index (χ0v) is 10.9. The van der Waals surface area contributed by atoms with Crippen LogP contribution in [0.5, 0.6) is 0 Å². The zero-order valence-electron chi connectivity index (χ0n) is 10.9. The predicted molar refractivity (Wildman–Crippen MR) is 66.3 cm³/mol. The maximum Gasteiger partial charge on any atom is 0.389 e. The number of alkyl halides is 3.